The first kappa shape index (κ1) is 13.0. The molecule has 2 unspecified atom stereocenters. The molecule has 0 radical (unpaired) electrons. The molecule has 1 aromatic rings. The number of benzene rings is 1. The van der Waals surface area contributed by atoms with E-state index in [0.717, 1.165) is 6.08 Å². The predicted octanol–water partition coefficient (Wildman–Crippen LogP) is 4.10. The number of alkyl halides is 4. The fourth-order valence-corrected chi connectivity index (χ4v) is 1.81. The van der Waals surface area contributed by atoms with Crippen molar-refractivity contribution in [3.8, 4) is 5.75 Å². The molecule has 2 atom stereocenters. The van der Waals surface area contributed by atoms with Crippen molar-refractivity contribution in [3.63, 3.8) is 0 Å². The molecule has 0 spiro atoms. The lowest BCUT2D eigenvalue weighted by atomic mass is 9.95. The van der Waals surface area contributed by atoms with E-state index in [1.54, 1.807) is 30.3 Å². The van der Waals surface area contributed by atoms with E-state index in [4.69, 9.17) is 16.3 Å². The van der Waals surface area contributed by atoms with Crippen LogP contribution in [0.25, 0.3) is 0 Å². The lowest BCUT2D eigenvalue weighted by Gasteiger charge is -2.34. The van der Waals surface area contributed by atoms with Crippen molar-refractivity contribution >= 4 is 11.6 Å². The first-order valence-corrected chi connectivity index (χ1v) is 5.65. The molecule has 0 aliphatic heterocycles. The summed E-state index contributed by atoms with van der Waals surface area (Å²) >= 11 is 5.68. The van der Waals surface area contributed by atoms with E-state index in [-0.39, 0.29) is 0 Å². The van der Waals surface area contributed by atoms with Gasteiger partial charge in [0.1, 0.15) is 11.9 Å². The fourth-order valence-electron chi connectivity index (χ4n) is 1.62. The summed E-state index contributed by atoms with van der Waals surface area (Å²) in [5.41, 5.74) is 0. The Hall–Kier alpha value is -1.42. The highest BCUT2D eigenvalue weighted by Crippen LogP contribution is 2.43. The van der Waals surface area contributed by atoms with E-state index in [1.807, 2.05) is 0 Å². The minimum atomic E-state index is -4.59. The van der Waals surface area contributed by atoms with Crippen LogP contribution in [-0.2, 0) is 0 Å². The zero-order valence-electron chi connectivity index (χ0n) is 9.19. The van der Waals surface area contributed by atoms with Gasteiger partial charge in [-0.15, -0.1) is 11.6 Å². The molecular weight excluding hydrogens is 265 g/mol. The van der Waals surface area contributed by atoms with Crippen LogP contribution in [-0.4, -0.2) is 17.2 Å². The molecule has 1 aromatic carbocycles. The number of allylic oxidation sites excluding steroid dienone is 2. The van der Waals surface area contributed by atoms with Gasteiger partial charge in [-0.25, -0.2) is 0 Å². The van der Waals surface area contributed by atoms with Crippen molar-refractivity contribution in [1.82, 2.24) is 0 Å². The van der Waals surface area contributed by atoms with Crippen LogP contribution >= 0.6 is 11.6 Å². The maximum atomic E-state index is 13.0. The number of hydrogen-bond acceptors (Lipinski definition) is 1. The maximum absolute atomic E-state index is 13.0. The monoisotopic (exact) mass is 274 g/mol. The molecule has 1 nitrogen and oxygen atoms in total. The molecule has 1 aliphatic carbocycles. The summed E-state index contributed by atoms with van der Waals surface area (Å²) in [7, 11) is 0. The topological polar surface area (TPSA) is 9.23 Å². The maximum Gasteiger partial charge on any atom is 0.415 e. The Morgan fingerprint density at radius 3 is 2.39 bits per heavy atom. The first-order chi connectivity index (χ1) is 8.43. The Balaban J connectivity index is 2.26. The Morgan fingerprint density at radius 2 is 1.78 bits per heavy atom. The standard InChI is InChI=1S/C13H10ClF3O/c14-12(13(15,16)17)9-5-4-8-11(12)18-10-6-2-1-3-7-10/h1-9,11H. The molecule has 0 saturated carbocycles. The van der Waals surface area contributed by atoms with E-state index in [1.165, 1.54) is 18.2 Å². The smallest absolute Gasteiger partial charge is 0.415 e. The van der Waals surface area contributed by atoms with Gasteiger partial charge in [0.25, 0.3) is 0 Å². The average molecular weight is 275 g/mol. The van der Waals surface area contributed by atoms with E-state index in [9.17, 15) is 13.2 Å². The summed E-state index contributed by atoms with van der Waals surface area (Å²) in [4.78, 5) is -2.53. The van der Waals surface area contributed by atoms with Gasteiger partial charge in [0.05, 0.1) is 0 Å². The Kier molecular flexibility index (Phi) is 3.39. The van der Waals surface area contributed by atoms with Gasteiger partial charge >= 0.3 is 6.18 Å². The highest BCUT2D eigenvalue weighted by atomic mass is 35.5. The van der Waals surface area contributed by atoms with Crippen LogP contribution < -0.4 is 4.74 Å². The van der Waals surface area contributed by atoms with Gasteiger partial charge in [0, 0.05) is 0 Å². The van der Waals surface area contributed by atoms with Crippen LogP contribution in [0.3, 0.4) is 0 Å². The van der Waals surface area contributed by atoms with Crippen molar-refractivity contribution < 1.29 is 17.9 Å². The molecule has 0 N–H and O–H groups in total. The van der Waals surface area contributed by atoms with E-state index in [2.05, 4.69) is 0 Å². The average Bonchev–Trinajstić information content (AvgIpc) is 2.32. The van der Waals surface area contributed by atoms with Gasteiger partial charge < -0.3 is 4.74 Å². The summed E-state index contributed by atoms with van der Waals surface area (Å²) in [6.07, 6.45) is -0.914. The molecule has 0 heterocycles. The molecule has 0 fully saturated rings. The molecule has 0 amide bonds. The summed E-state index contributed by atoms with van der Waals surface area (Å²) in [5, 5.41) is 0. The number of rotatable bonds is 2. The number of ether oxygens (including phenoxy) is 1. The van der Waals surface area contributed by atoms with E-state index < -0.39 is 17.2 Å². The number of hydrogen-bond donors (Lipinski definition) is 0. The van der Waals surface area contributed by atoms with Crippen molar-refractivity contribution in [2.75, 3.05) is 0 Å². The van der Waals surface area contributed by atoms with E-state index in [0.29, 0.717) is 5.75 Å². The second-order valence-corrected chi connectivity index (χ2v) is 4.49. The molecule has 18 heavy (non-hydrogen) atoms. The third-order valence-electron chi connectivity index (χ3n) is 2.59. The predicted molar refractivity (Wildman–Crippen MR) is 63.8 cm³/mol. The zero-order valence-corrected chi connectivity index (χ0v) is 9.95. The first-order valence-electron chi connectivity index (χ1n) is 5.27. The summed E-state index contributed by atoms with van der Waals surface area (Å²) in [6.45, 7) is 0. The SMILES string of the molecule is FC(F)(F)C1(Cl)C=CC=CC1Oc1ccccc1. The van der Waals surface area contributed by atoms with Crippen molar-refractivity contribution in [3.05, 3.63) is 54.6 Å². The van der Waals surface area contributed by atoms with Gasteiger partial charge in [0.2, 0.25) is 0 Å². The van der Waals surface area contributed by atoms with Crippen LogP contribution in [0.4, 0.5) is 13.2 Å². The summed E-state index contributed by atoms with van der Waals surface area (Å²) < 4.78 is 44.3. The molecule has 1 aliphatic rings. The van der Waals surface area contributed by atoms with Crippen LogP contribution in [0.15, 0.2) is 54.6 Å². The lowest BCUT2D eigenvalue weighted by molar-refractivity contribution is -0.164. The summed E-state index contributed by atoms with van der Waals surface area (Å²) in [5.74, 6) is 0.344. The Bertz CT molecular complexity index is 467. The molecule has 5 heteroatoms. The Labute approximate surface area is 108 Å². The van der Waals surface area contributed by atoms with Crippen molar-refractivity contribution in [2.45, 2.75) is 17.2 Å². The van der Waals surface area contributed by atoms with Crippen LogP contribution in [0.2, 0.25) is 0 Å². The minimum Gasteiger partial charge on any atom is -0.484 e. The second-order valence-electron chi connectivity index (χ2n) is 3.86. The number of para-hydroxylation sites is 1. The van der Waals surface area contributed by atoms with Crippen molar-refractivity contribution in [2.24, 2.45) is 0 Å². The highest BCUT2D eigenvalue weighted by molar-refractivity contribution is 6.26. The van der Waals surface area contributed by atoms with Gasteiger partial charge in [-0.2, -0.15) is 13.2 Å². The molecular formula is C13H10ClF3O. The van der Waals surface area contributed by atoms with Gasteiger partial charge in [-0.3, -0.25) is 0 Å². The minimum absolute atomic E-state index is 0.344. The largest absolute Gasteiger partial charge is 0.484 e. The molecule has 96 valence electrons. The summed E-state index contributed by atoms with van der Waals surface area (Å²) in [6, 6.07) is 8.28. The molecule has 0 aromatic heterocycles. The van der Waals surface area contributed by atoms with E-state index >= 15 is 0 Å². The van der Waals surface area contributed by atoms with Gasteiger partial charge in [-0.05, 0) is 18.2 Å². The number of halogens is 4. The van der Waals surface area contributed by atoms with Crippen molar-refractivity contribution in [1.29, 1.82) is 0 Å². The van der Waals surface area contributed by atoms with Crippen LogP contribution in [0.5, 0.6) is 5.75 Å². The van der Waals surface area contributed by atoms with Crippen LogP contribution in [0, 0.1) is 0 Å². The third-order valence-corrected chi connectivity index (χ3v) is 3.15. The van der Waals surface area contributed by atoms with Gasteiger partial charge in [-0.1, -0.05) is 36.4 Å². The molecule has 2 rings (SSSR count). The highest BCUT2D eigenvalue weighted by Gasteiger charge is 2.58. The third kappa shape index (κ3) is 2.38. The second kappa shape index (κ2) is 4.69. The van der Waals surface area contributed by atoms with Gasteiger partial charge in [0.15, 0.2) is 4.87 Å². The Morgan fingerprint density at radius 1 is 1.11 bits per heavy atom. The normalized spacial score (nSPS) is 27.2. The lowest BCUT2D eigenvalue weighted by Crippen LogP contribution is -2.50. The fraction of sp³-hybridized carbons (Fsp3) is 0.231. The van der Waals surface area contributed by atoms with Crippen LogP contribution in [0.1, 0.15) is 0 Å². The quantitative estimate of drug-likeness (QED) is 0.738. The molecule has 0 bridgehead atoms. The molecule has 0 saturated heterocycles. The zero-order chi connectivity index (χ0) is 13.2.